The predicted octanol–water partition coefficient (Wildman–Crippen LogP) is 0.322. The van der Waals surface area contributed by atoms with E-state index in [-0.39, 0.29) is 24.3 Å². The van der Waals surface area contributed by atoms with Crippen molar-refractivity contribution in [3.8, 4) is 0 Å². The molecule has 1 heterocycles. The average molecular weight is 344 g/mol. The summed E-state index contributed by atoms with van der Waals surface area (Å²) < 4.78 is 5.36. The highest BCUT2D eigenvalue weighted by Gasteiger charge is 2.38. The molecule has 2 atom stereocenters. The lowest BCUT2D eigenvalue weighted by atomic mass is 10.2. The van der Waals surface area contributed by atoms with E-state index < -0.39 is 20.2 Å². The molecule has 0 saturated carbocycles. The third-order valence-electron chi connectivity index (χ3n) is 3.82. The normalized spacial score (nSPS) is 19.3. The molecule has 0 bridgehead atoms. The SMILES string of the molecule is CC(=O)N[C@@H](CN)C(=O)N1CCC[C@H]1C(=O)OCC[Si](C)(C)C. The van der Waals surface area contributed by atoms with Crippen LogP contribution in [0.5, 0.6) is 0 Å². The van der Waals surface area contributed by atoms with E-state index in [9.17, 15) is 14.4 Å². The first-order valence-corrected chi connectivity index (χ1v) is 11.8. The van der Waals surface area contributed by atoms with E-state index >= 15 is 0 Å². The number of rotatable bonds is 7. The summed E-state index contributed by atoms with van der Waals surface area (Å²) in [5.74, 6) is -0.984. The quantitative estimate of drug-likeness (QED) is 0.512. The molecule has 1 aliphatic rings. The Morgan fingerprint density at radius 1 is 1.35 bits per heavy atom. The highest BCUT2D eigenvalue weighted by atomic mass is 28.3. The van der Waals surface area contributed by atoms with Crippen LogP contribution in [0.15, 0.2) is 0 Å². The fourth-order valence-electron chi connectivity index (χ4n) is 2.50. The fraction of sp³-hybridized carbons (Fsp3) is 0.800. The molecule has 7 nitrogen and oxygen atoms in total. The Hall–Kier alpha value is -1.41. The van der Waals surface area contributed by atoms with Crippen LogP contribution in [0.25, 0.3) is 0 Å². The highest BCUT2D eigenvalue weighted by Crippen LogP contribution is 2.20. The van der Waals surface area contributed by atoms with Gasteiger partial charge in [-0.2, -0.15) is 0 Å². The number of likely N-dealkylation sites (tertiary alicyclic amines) is 1. The Kier molecular flexibility index (Phi) is 7.21. The Labute approximate surface area is 138 Å². The number of nitrogens with two attached hydrogens (primary N) is 1. The van der Waals surface area contributed by atoms with Gasteiger partial charge in [-0.25, -0.2) is 4.79 Å². The Bertz CT molecular complexity index is 450. The largest absolute Gasteiger partial charge is 0.464 e. The number of hydrogen-bond donors (Lipinski definition) is 2. The minimum absolute atomic E-state index is 0.00626. The number of carbonyl (C=O) groups excluding carboxylic acids is 3. The van der Waals surface area contributed by atoms with Gasteiger partial charge in [0.25, 0.3) is 0 Å². The zero-order valence-electron chi connectivity index (χ0n) is 14.6. The van der Waals surface area contributed by atoms with Gasteiger partial charge >= 0.3 is 5.97 Å². The van der Waals surface area contributed by atoms with Gasteiger partial charge in [-0.3, -0.25) is 9.59 Å². The molecule has 0 unspecified atom stereocenters. The minimum atomic E-state index is -1.27. The van der Waals surface area contributed by atoms with Crippen LogP contribution in [0.4, 0.5) is 0 Å². The van der Waals surface area contributed by atoms with Gasteiger partial charge in [0.2, 0.25) is 11.8 Å². The molecule has 2 amide bonds. The van der Waals surface area contributed by atoms with Crippen molar-refractivity contribution in [1.82, 2.24) is 10.2 Å². The second kappa shape index (κ2) is 8.44. The Balaban J connectivity index is 2.63. The van der Waals surface area contributed by atoms with Gasteiger partial charge in [0, 0.05) is 28.1 Å². The standard InChI is InChI=1S/C15H29N3O4Si/c1-11(19)17-12(10-16)14(20)18-7-5-6-13(18)15(21)22-8-9-23(2,3)4/h12-13H,5-10,16H2,1-4H3,(H,17,19)/t12-,13-/m0/s1. The van der Waals surface area contributed by atoms with Gasteiger partial charge in [-0.1, -0.05) is 19.6 Å². The van der Waals surface area contributed by atoms with Crippen molar-refractivity contribution in [2.75, 3.05) is 19.7 Å². The first-order chi connectivity index (χ1) is 10.7. The molecule has 0 aromatic heterocycles. The minimum Gasteiger partial charge on any atom is -0.464 e. The zero-order valence-corrected chi connectivity index (χ0v) is 15.6. The molecule has 3 N–H and O–H groups in total. The first kappa shape index (κ1) is 19.6. The lowest BCUT2D eigenvalue weighted by Gasteiger charge is -2.27. The zero-order chi connectivity index (χ0) is 17.6. The maximum Gasteiger partial charge on any atom is 0.328 e. The summed E-state index contributed by atoms with van der Waals surface area (Å²) in [6, 6.07) is -0.452. The topological polar surface area (TPSA) is 102 Å². The number of ether oxygens (including phenoxy) is 1. The van der Waals surface area contributed by atoms with E-state index in [0.29, 0.717) is 19.6 Å². The number of esters is 1. The van der Waals surface area contributed by atoms with Crippen LogP contribution in [-0.2, 0) is 19.1 Å². The van der Waals surface area contributed by atoms with E-state index in [1.807, 2.05) is 0 Å². The maximum absolute atomic E-state index is 12.5. The van der Waals surface area contributed by atoms with Crippen LogP contribution >= 0.6 is 0 Å². The number of carbonyl (C=O) groups is 3. The van der Waals surface area contributed by atoms with Gasteiger partial charge in [-0.15, -0.1) is 0 Å². The van der Waals surface area contributed by atoms with Crippen molar-refractivity contribution in [2.45, 2.75) is 57.5 Å². The molecule has 23 heavy (non-hydrogen) atoms. The van der Waals surface area contributed by atoms with Gasteiger partial charge < -0.3 is 20.7 Å². The predicted molar refractivity (Wildman–Crippen MR) is 90.5 cm³/mol. The molecular weight excluding hydrogens is 314 g/mol. The molecular formula is C15H29N3O4Si. The third kappa shape index (κ3) is 6.30. The van der Waals surface area contributed by atoms with Crippen molar-refractivity contribution in [3.63, 3.8) is 0 Å². The molecule has 1 saturated heterocycles. The summed E-state index contributed by atoms with van der Waals surface area (Å²) in [7, 11) is -1.27. The van der Waals surface area contributed by atoms with E-state index in [0.717, 1.165) is 12.5 Å². The molecule has 0 aromatic rings. The number of amides is 2. The number of hydrogen-bond acceptors (Lipinski definition) is 5. The van der Waals surface area contributed by atoms with Crippen LogP contribution < -0.4 is 11.1 Å². The number of nitrogens with zero attached hydrogens (tertiary/aromatic N) is 1. The molecule has 0 aliphatic carbocycles. The van der Waals surface area contributed by atoms with Crippen LogP contribution in [0.2, 0.25) is 25.7 Å². The first-order valence-electron chi connectivity index (χ1n) is 8.10. The van der Waals surface area contributed by atoms with Crippen molar-refractivity contribution >= 4 is 25.9 Å². The van der Waals surface area contributed by atoms with E-state index in [4.69, 9.17) is 10.5 Å². The van der Waals surface area contributed by atoms with Crippen molar-refractivity contribution < 1.29 is 19.1 Å². The molecule has 0 aromatic carbocycles. The number of nitrogens with one attached hydrogen (secondary N) is 1. The Morgan fingerprint density at radius 3 is 2.52 bits per heavy atom. The van der Waals surface area contributed by atoms with Crippen LogP contribution in [0.3, 0.4) is 0 Å². The van der Waals surface area contributed by atoms with Gasteiger partial charge in [0.15, 0.2) is 0 Å². The molecule has 0 radical (unpaired) electrons. The molecule has 1 aliphatic heterocycles. The monoisotopic (exact) mass is 343 g/mol. The summed E-state index contributed by atoms with van der Waals surface area (Å²) in [5, 5.41) is 2.53. The summed E-state index contributed by atoms with van der Waals surface area (Å²) in [6.07, 6.45) is 1.34. The van der Waals surface area contributed by atoms with Crippen molar-refractivity contribution in [3.05, 3.63) is 0 Å². The Morgan fingerprint density at radius 2 is 2.00 bits per heavy atom. The van der Waals surface area contributed by atoms with E-state index in [1.54, 1.807) is 0 Å². The molecule has 132 valence electrons. The van der Waals surface area contributed by atoms with Gasteiger partial charge in [0.1, 0.15) is 12.1 Å². The highest BCUT2D eigenvalue weighted by molar-refractivity contribution is 6.76. The van der Waals surface area contributed by atoms with Crippen LogP contribution in [-0.4, -0.2) is 62.5 Å². The van der Waals surface area contributed by atoms with Crippen LogP contribution in [0.1, 0.15) is 19.8 Å². The smallest absolute Gasteiger partial charge is 0.328 e. The van der Waals surface area contributed by atoms with E-state index in [1.165, 1.54) is 11.8 Å². The molecule has 8 heteroatoms. The fourth-order valence-corrected chi connectivity index (χ4v) is 3.21. The van der Waals surface area contributed by atoms with Gasteiger partial charge in [0.05, 0.1) is 6.61 Å². The summed E-state index contributed by atoms with van der Waals surface area (Å²) >= 11 is 0. The lowest BCUT2D eigenvalue weighted by Crippen LogP contribution is -2.54. The second-order valence-corrected chi connectivity index (χ2v) is 12.8. The molecule has 0 spiro atoms. The van der Waals surface area contributed by atoms with Crippen molar-refractivity contribution in [2.24, 2.45) is 5.73 Å². The summed E-state index contributed by atoms with van der Waals surface area (Å²) in [5.41, 5.74) is 5.57. The molecule has 1 fully saturated rings. The third-order valence-corrected chi connectivity index (χ3v) is 5.52. The molecule has 1 rings (SSSR count). The summed E-state index contributed by atoms with van der Waals surface area (Å²) in [4.78, 5) is 37.4. The van der Waals surface area contributed by atoms with Crippen LogP contribution in [0, 0.1) is 0 Å². The van der Waals surface area contributed by atoms with Gasteiger partial charge in [-0.05, 0) is 18.9 Å². The van der Waals surface area contributed by atoms with Crippen molar-refractivity contribution in [1.29, 1.82) is 0 Å². The average Bonchev–Trinajstić information content (AvgIpc) is 2.91. The summed E-state index contributed by atoms with van der Waals surface area (Å²) in [6.45, 7) is 8.87. The second-order valence-electron chi connectivity index (χ2n) is 7.16. The maximum atomic E-state index is 12.5. The lowest BCUT2D eigenvalue weighted by molar-refractivity contribution is -0.153. The van der Waals surface area contributed by atoms with E-state index in [2.05, 4.69) is 25.0 Å².